The Balaban J connectivity index is 1.62. The monoisotopic (exact) mass is 630 g/mol. The van der Waals surface area contributed by atoms with Crippen LogP contribution in [-0.4, -0.2) is 70.1 Å². The molecule has 0 aliphatic carbocycles. The number of alkyl halides is 3. The Morgan fingerprint density at radius 3 is 2.33 bits per heavy atom. The summed E-state index contributed by atoms with van der Waals surface area (Å²) in [5.41, 5.74) is 4.15. The summed E-state index contributed by atoms with van der Waals surface area (Å²) in [4.78, 5) is 69.3. The molecule has 0 saturated carbocycles. The Morgan fingerprint density at radius 2 is 1.79 bits per heavy atom. The number of amides is 6. The van der Waals surface area contributed by atoms with Crippen LogP contribution < -0.4 is 26.0 Å². The van der Waals surface area contributed by atoms with Gasteiger partial charge in [-0.2, -0.15) is 0 Å². The van der Waals surface area contributed by atoms with Gasteiger partial charge in [0.2, 0.25) is 17.7 Å². The van der Waals surface area contributed by atoms with Gasteiger partial charge in [-0.1, -0.05) is 35.3 Å². The number of benzene rings is 1. The Morgan fingerprint density at radius 1 is 1.17 bits per heavy atom. The number of pyridine rings is 1. The molecule has 1 aromatic heterocycles. The number of halogens is 5. The van der Waals surface area contributed by atoms with Gasteiger partial charge in [0, 0.05) is 32.4 Å². The minimum Gasteiger partial charge on any atom is -0.406 e. The van der Waals surface area contributed by atoms with Gasteiger partial charge in [0.25, 0.3) is 5.91 Å². The lowest BCUT2D eigenvalue weighted by Crippen LogP contribution is -2.49. The van der Waals surface area contributed by atoms with E-state index in [2.05, 4.69) is 20.4 Å². The van der Waals surface area contributed by atoms with Crippen LogP contribution in [0, 0.1) is 0 Å². The molecule has 1 aromatic carbocycles. The number of ether oxygens (including phenoxy) is 1. The first-order chi connectivity index (χ1) is 19.6. The maximum Gasteiger partial charge on any atom is 0.573 e. The molecule has 0 spiro atoms. The number of aromatic nitrogens is 1. The molecule has 2 fully saturated rings. The first kappa shape index (κ1) is 30.8. The third-order valence-electron chi connectivity index (χ3n) is 6.66. The SMILES string of the molecule is CC(=O)NC(CC(=O)N[C@@H]1CN2C(=O)N(c3cc(Cl)nc(Cl)c3)C(=O)[C@@]2(Cc2ccc(OC(F)(F)F)cc2)C1)C(N)=O. The fraction of sp³-hybridized carbons (Fsp3) is 0.360. The Kier molecular flexibility index (Phi) is 8.55. The lowest BCUT2D eigenvalue weighted by atomic mass is 9.87. The molecular weight excluding hydrogens is 608 g/mol. The average molecular weight is 631 g/mol. The molecule has 224 valence electrons. The Bertz CT molecular complexity index is 1420. The van der Waals surface area contributed by atoms with Gasteiger partial charge in [0.1, 0.15) is 27.6 Å². The van der Waals surface area contributed by atoms with Crippen molar-refractivity contribution in [2.45, 2.75) is 50.2 Å². The summed E-state index contributed by atoms with van der Waals surface area (Å²) in [6.07, 6.45) is -5.60. The Hall–Kier alpha value is -4.11. The number of carbonyl (C=O) groups excluding carboxylic acids is 5. The normalized spacial score (nSPS) is 20.8. The van der Waals surface area contributed by atoms with Gasteiger partial charge >= 0.3 is 12.4 Å². The minimum absolute atomic E-state index is 0.0536. The molecule has 4 N–H and O–H groups in total. The molecule has 17 heteroatoms. The first-order valence-corrected chi connectivity index (χ1v) is 13.0. The van der Waals surface area contributed by atoms with E-state index in [0.717, 1.165) is 24.0 Å². The molecule has 0 radical (unpaired) electrons. The largest absolute Gasteiger partial charge is 0.573 e. The third kappa shape index (κ3) is 6.68. The van der Waals surface area contributed by atoms with Crippen molar-refractivity contribution in [1.82, 2.24) is 20.5 Å². The van der Waals surface area contributed by atoms with Crippen molar-refractivity contribution >= 4 is 58.5 Å². The summed E-state index contributed by atoms with van der Waals surface area (Å²) in [6.45, 7) is 1.02. The molecule has 1 unspecified atom stereocenters. The number of urea groups is 1. The lowest BCUT2D eigenvalue weighted by molar-refractivity contribution is -0.274. The van der Waals surface area contributed by atoms with Crippen molar-refractivity contribution in [1.29, 1.82) is 0 Å². The number of nitrogens with two attached hydrogens (primary N) is 1. The molecule has 2 aliphatic rings. The second kappa shape index (κ2) is 11.6. The second-order valence-electron chi connectivity index (χ2n) is 9.73. The van der Waals surface area contributed by atoms with E-state index in [0.29, 0.717) is 5.56 Å². The highest BCUT2D eigenvalue weighted by Gasteiger charge is 2.62. The zero-order valence-electron chi connectivity index (χ0n) is 21.7. The van der Waals surface area contributed by atoms with E-state index >= 15 is 0 Å². The molecule has 12 nitrogen and oxygen atoms in total. The molecule has 2 saturated heterocycles. The van der Waals surface area contributed by atoms with E-state index in [1.807, 2.05) is 0 Å². The average Bonchev–Trinajstić information content (AvgIpc) is 3.29. The van der Waals surface area contributed by atoms with Crippen LogP contribution in [0.5, 0.6) is 5.75 Å². The van der Waals surface area contributed by atoms with Crippen molar-refractivity contribution < 1.29 is 41.9 Å². The number of carbonyl (C=O) groups is 5. The van der Waals surface area contributed by atoms with Gasteiger partial charge in [-0.05, 0) is 29.8 Å². The zero-order chi connectivity index (χ0) is 31.0. The number of imide groups is 1. The van der Waals surface area contributed by atoms with Crippen molar-refractivity contribution in [3.8, 4) is 5.75 Å². The smallest absolute Gasteiger partial charge is 0.406 e. The molecule has 2 aliphatic heterocycles. The van der Waals surface area contributed by atoms with E-state index in [1.165, 1.54) is 29.2 Å². The van der Waals surface area contributed by atoms with Crippen molar-refractivity contribution in [2.75, 3.05) is 11.4 Å². The Labute approximate surface area is 246 Å². The van der Waals surface area contributed by atoms with Crippen molar-refractivity contribution in [2.24, 2.45) is 5.73 Å². The van der Waals surface area contributed by atoms with Gasteiger partial charge in [-0.3, -0.25) is 19.2 Å². The third-order valence-corrected chi connectivity index (χ3v) is 7.05. The van der Waals surface area contributed by atoms with Crippen LogP contribution in [0.3, 0.4) is 0 Å². The summed E-state index contributed by atoms with van der Waals surface area (Å²) < 4.78 is 41.7. The molecule has 6 amide bonds. The topological polar surface area (TPSA) is 164 Å². The molecule has 4 rings (SSSR count). The lowest BCUT2D eigenvalue weighted by Gasteiger charge is -2.28. The highest BCUT2D eigenvalue weighted by atomic mass is 35.5. The second-order valence-corrected chi connectivity index (χ2v) is 10.5. The van der Waals surface area contributed by atoms with Gasteiger partial charge in [-0.15, -0.1) is 13.2 Å². The summed E-state index contributed by atoms with van der Waals surface area (Å²) in [5, 5.41) is 4.79. The predicted octanol–water partition coefficient (Wildman–Crippen LogP) is 2.31. The number of fused-ring (bicyclic) bond motifs is 1. The fourth-order valence-corrected chi connectivity index (χ4v) is 5.54. The van der Waals surface area contributed by atoms with Gasteiger partial charge < -0.3 is 26.0 Å². The number of rotatable bonds is 9. The van der Waals surface area contributed by atoms with Crippen LogP contribution in [0.4, 0.5) is 23.7 Å². The van der Waals surface area contributed by atoms with Gasteiger partial charge in [-0.25, -0.2) is 14.7 Å². The van der Waals surface area contributed by atoms with E-state index in [4.69, 9.17) is 28.9 Å². The highest BCUT2D eigenvalue weighted by Crippen LogP contribution is 2.43. The van der Waals surface area contributed by atoms with Gasteiger partial charge in [0.05, 0.1) is 12.1 Å². The standard InChI is InChI=1S/C25H23Cl2F3N6O6/c1-12(37)32-17(21(31)39)8-20(38)33-14-10-24(9-13-2-4-16(5-3-13)42-25(28,29)30)22(40)36(23(41)35(24)11-14)15-6-18(26)34-19(27)7-15/h2-7,14,17H,8-11H2,1H3,(H2,31,39)(H,32,37)(H,33,38)/t14-,17?,24+/m0/s1. The summed E-state index contributed by atoms with van der Waals surface area (Å²) in [6, 6.07) is 4.54. The van der Waals surface area contributed by atoms with E-state index < -0.39 is 65.8 Å². The molecule has 42 heavy (non-hydrogen) atoms. The van der Waals surface area contributed by atoms with Crippen molar-refractivity contribution in [3.63, 3.8) is 0 Å². The zero-order valence-corrected chi connectivity index (χ0v) is 23.2. The van der Waals surface area contributed by atoms with Crippen LogP contribution in [0.15, 0.2) is 36.4 Å². The predicted molar refractivity (Wildman–Crippen MR) is 141 cm³/mol. The van der Waals surface area contributed by atoms with Crippen LogP contribution in [0.25, 0.3) is 0 Å². The molecule has 0 bridgehead atoms. The first-order valence-electron chi connectivity index (χ1n) is 12.3. The number of nitrogens with one attached hydrogen (secondary N) is 2. The molecular formula is C25H23Cl2F3N6O6. The van der Waals surface area contributed by atoms with E-state index in [-0.39, 0.29) is 35.4 Å². The number of nitrogens with zero attached hydrogens (tertiary/aromatic N) is 3. The van der Waals surface area contributed by atoms with Crippen LogP contribution in [0.1, 0.15) is 25.3 Å². The van der Waals surface area contributed by atoms with E-state index in [1.54, 1.807) is 0 Å². The van der Waals surface area contributed by atoms with Crippen LogP contribution in [0.2, 0.25) is 10.3 Å². The molecule has 3 heterocycles. The van der Waals surface area contributed by atoms with E-state index in [9.17, 15) is 37.1 Å². The quantitative estimate of drug-likeness (QED) is 0.283. The highest BCUT2D eigenvalue weighted by molar-refractivity contribution is 6.33. The molecule has 2 aromatic rings. The molecule has 3 atom stereocenters. The maximum absolute atomic E-state index is 14.0. The van der Waals surface area contributed by atoms with Gasteiger partial charge in [0.15, 0.2) is 0 Å². The summed E-state index contributed by atoms with van der Waals surface area (Å²) in [7, 11) is 0. The summed E-state index contributed by atoms with van der Waals surface area (Å²) >= 11 is 12.0. The number of hydrogen-bond acceptors (Lipinski definition) is 7. The van der Waals surface area contributed by atoms with Crippen LogP contribution in [-0.2, 0) is 25.6 Å². The number of anilines is 1. The minimum atomic E-state index is -4.90. The maximum atomic E-state index is 14.0. The van der Waals surface area contributed by atoms with Crippen LogP contribution >= 0.6 is 23.2 Å². The number of primary amides is 1. The number of hydrogen-bond donors (Lipinski definition) is 3. The summed E-state index contributed by atoms with van der Waals surface area (Å²) in [5.74, 6) is -3.35. The fourth-order valence-electron chi connectivity index (χ4n) is 5.09. The van der Waals surface area contributed by atoms with Crippen molar-refractivity contribution in [3.05, 3.63) is 52.3 Å².